The number of pyridine rings is 2. The van der Waals surface area contributed by atoms with Crippen LogP contribution in [-0.4, -0.2) is 52.8 Å². The largest absolute Gasteiger partial charge is 0.481 e. The second-order valence-electron chi connectivity index (χ2n) is 8.39. The minimum absolute atomic E-state index is 0.0148. The maximum absolute atomic E-state index is 11.8. The number of rotatable bonds is 8. The van der Waals surface area contributed by atoms with Crippen molar-refractivity contribution < 1.29 is 21.8 Å². The molecule has 0 bridgehead atoms. The number of nitrogens with zero attached hydrogens (tertiary/aromatic N) is 2. The quantitative estimate of drug-likeness (QED) is 0.471. The zero-order valence-electron chi connectivity index (χ0n) is 17.6. The standard InChI is InChI=1S/C19H30N2O5SSi/c1-19(2,3)28(6,7)25-13-15(26-27(5,22)23)12-14-10-11-20-16-8-9-17(24-4)21-18(14)16/h8-11,15H,12-13H2,1-7H3. The maximum Gasteiger partial charge on any atom is 0.264 e. The molecule has 0 spiro atoms. The number of ether oxygens (including phenoxy) is 1. The van der Waals surface area contributed by atoms with Gasteiger partial charge in [0, 0.05) is 18.7 Å². The summed E-state index contributed by atoms with van der Waals surface area (Å²) in [4.78, 5) is 8.78. The van der Waals surface area contributed by atoms with Crippen LogP contribution >= 0.6 is 0 Å². The van der Waals surface area contributed by atoms with Crippen LogP contribution in [0.3, 0.4) is 0 Å². The van der Waals surface area contributed by atoms with E-state index in [2.05, 4.69) is 43.8 Å². The third kappa shape index (κ3) is 5.97. The van der Waals surface area contributed by atoms with E-state index in [1.54, 1.807) is 19.4 Å². The molecule has 2 rings (SSSR count). The topological polar surface area (TPSA) is 87.6 Å². The van der Waals surface area contributed by atoms with Crippen molar-refractivity contribution in [3.05, 3.63) is 30.0 Å². The van der Waals surface area contributed by atoms with E-state index in [9.17, 15) is 8.42 Å². The predicted octanol–water partition coefficient (Wildman–Crippen LogP) is 3.55. The van der Waals surface area contributed by atoms with Gasteiger partial charge in [0.25, 0.3) is 10.1 Å². The van der Waals surface area contributed by atoms with Crippen LogP contribution in [0.4, 0.5) is 0 Å². The first-order valence-electron chi connectivity index (χ1n) is 9.13. The Balaban J connectivity index is 2.31. The molecule has 0 aliphatic carbocycles. The molecule has 156 valence electrons. The molecule has 2 heterocycles. The van der Waals surface area contributed by atoms with Gasteiger partial charge in [0.2, 0.25) is 5.88 Å². The molecular formula is C19H30N2O5SSi. The molecule has 0 aromatic carbocycles. The van der Waals surface area contributed by atoms with Crippen LogP contribution in [0.1, 0.15) is 26.3 Å². The lowest BCUT2D eigenvalue weighted by atomic mass is 10.1. The van der Waals surface area contributed by atoms with Crippen LogP contribution < -0.4 is 4.74 Å². The highest BCUT2D eigenvalue weighted by Crippen LogP contribution is 2.36. The second-order valence-corrected chi connectivity index (χ2v) is 14.8. The summed E-state index contributed by atoms with van der Waals surface area (Å²) in [6.45, 7) is 10.9. The molecule has 1 unspecified atom stereocenters. The summed E-state index contributed by atoms with van der Waals surface area (Å²) < 4.78 is 40.4. The smallest absolute Gasteiger partial charge is 0.264 e. The highest BCUT2D eigenvalue weighted by atomic mass is 32.2. The van der Waals surface area contributed by atoms with Crippen molar-refractivity contribution >= 4 is 29.5 Å². The van der Waals surface area contributed by atoms with Crippen LogP contribution in [0.25, 0.3) is 11.0 Å². The van der Waals surface area contributed by atoms with Crippen LogP contribution in [0.15, 0.2) is 24.4 Å². The molecule has 0 aliphatic heterocycles. The molecule has 0 N–H and O–H groups in total. The third-order valence-electron chi connectivity index (χ3n) is 5.05. The summed E-state index contributed by atoms with van der Waals surface area (Å²) in [5, 5.41) is 0.0148. The zero-order chi connectivity index (χ0) is 21.2. The van der Waals surface area contributed by atoms with Gasteiger partial charge in [0.05, 0.1) is 31.0 Å². The van der Waals surface area contributed by atoms with Crippen molar-refractivity contribution in [2.45, 2.75) is 51.4 Å². The summed E-state index contributed by atoms with van der Waals surface area (Å²) in [7, 11) is -4.14. The molecule has 0 radical (unpaired) electrons. The summed E-state index contributed by atoms with van der Waals surface area (Å²) in [6, 6.07) is 5.38. The van der Waals surface area contributed by atoms with Crippen molar-refractivity contribution in [3.8, 4) is 5.88 Å². The zero-order valence-corrected chi connectivity index (χ0v) is 19.5. The molecule has 28 heavy (non-hydrogen) atoms. The fourth-order valence-corrected chi connectivity index (χ4v) is 4.12. The second kappa shape index (κ2) is 8.44. The van der Waals surface area contributed by atoms with Crippen molar-refractivity contribution in [2.24, 2.45) is 0 Å². The lowest BCUT2D eigenvalue weighted by molar-refractivity contribution is 0.127. The molecule has 1 atom stereocenters. The van der Waals surface area contributed by atoms with E-state index >= 15 is 0 Å². The number of hydrogen-bond donors (Lipinski definition) is 0. The van der Waals surface area contributed by atoms with Crippen LogP contribution in [0, 0.1) is 0 Å². The van der Waals surface area contributed by atoms with Gasteiger partial charge < -0.3 is 9.16 Å². The fraction of sp³-hybridized carbons (Fsp3) is 0.579. The van der Waals surface area contributed by atoms with E-state index in [0.29, 0.717) is 23.3 Å². The summed E-state index contributed by atoms with van der Waals surface area (Å²) >= 11 is 0. The first-order chi connectivity index (χ1) is 12.8. The number of aromatic nitrogens is 2. The minimum atomic E-state index is -3.64. The third-order valence-corrected chi connectivity index (χ3v) is 10.2. The van der Waals surface area contributed by atoms with Gasteiger partial charge in [-0.3, -0.25) is 9.17 Å². The Bertz CT molecular complexity index is 926. The molecule has 0 saturated heterocycles. The van der Waals surface area contributed by atoms with Crippen molar-refractivity contribution in [1.29, 1.82) is 0 Å². The SMILES string of the molecule is COc1ccc2nccc(CC(CO[Si](C)(C)C(C)(C)C)OS(C)(=O)=O)c2n1. The predicted molar refractivity (Wildman–Crippen MR) is 113 cm³/mol. The van der Waals surface area contributed by atoms with Crippen LogP contribution in [-0.2, 0) is 25.1 Å². The van der Waals surface area contributed by atoms with Gasteiger partial charge in [0.15, 0.2) is 8.32 Å². The Morgan fingerprint density at radius 1 is 1.18 bits per heavy atom. The van der Waals surface area contributed by atoms with E-state index in [-0.39, 0.29) is 11.6 Å². The van der Waals surface area contributed by atoms with Gasteiger partial charge in [-0.2, -0.15) is 8.42 Å². The van der Waals surface area contributed by atoms with E-state index in [4.69, 9.17) is 13.3 Å². The summed E-state index contributed by atoms with van der Waals surface area (Å²) in [6.07, 6.45) is 2.42. The average molecular weight is 427 g/mol. The fourth-order valence-electron chi connectivity index (χ4n) is 2.47. The molecule has 0 saturated carbocycles. The Labute approximate surface area is 168 Å². The lowest BCUT2D eigenvalue weighted by Crippen LogP contribution is -2.43. The molecule has 0 aliphatic rings. The van der Waals surface area contributed by atoms with Crippen LogP contribution in [0.5, 0.6) is 5.88 Å². The molecular weight excluding hydrogens is 396 g/mol. The highest BCUT2D eigenvalue weighted by Gasteiger charge is 2.38. The summed E-state index contributed by atoms with van der Waals surface area (Å²) in [5.41, 5.74) is 2.20. The van der Waals surface area contributed by atoms with Crippen molar-refractivity contribution in [2.75, 3.05) is 20.0 Å². The molecule has 2 aromatic rings. The van der Waals surface area contributed by atoms with Gasteiger partial charge in [-0.15, -0.1) is 0 Å². The maximum atomic E-state index is 11.8. The van der Waals surface area contributed by atoms with Gasteiger partial charge in [-0.05, 0) is 35.8 Å². The van der Waals surface area contributed by atoms with Crippen molar-refractivity contribution in [1.82, 2.24) is 9.97 Å². The first-order valence-corrected chi connectivity index (χ1v) is 13.9. The Kier molecular flexibility index (Phi) is 6.85. The Morgan fingerprint density at radius 3 is 2.43 bits per heavy atom. The normalized spacial score (nSPS) is 14.2. The molecule has 7 nitrogen and oxygen atoms in total. The lowest BCUT2D eigenvalue weighted by Gasteiger charge is -2.37. The Morgan fingerprint density at radius 2 is 1.86 bits per heavy atom. The molecule has 9 heteroatoms. The summed E-state index contributed by atoms with van der Waals surface area (Å²) in [5.74, 6) is 0.472. The average Bonchev–Trinajstić information content (AvgIpc) is 2.57. The van der Waals surface area contributed by atoms with Gasteiger partial charge in [0.1, 0.15) is 6.10 Å². The van der Waals surface area contributed by atoms with E-state index in [1.807, 2.05) is 12.1 Å². The molecule has 2 aromatic heterocycles. The van der Waals surface area contributed by atoms with E-state index < -0.39 is 24.5 Å². The van der Waals surface area contributed by atoms with Gasteiger partial charge in [-0.25, -0.2) is 4.98 Å². The van der Waals surface area contributed by atoms with Gasteiger partial charge in [-0.1, -0.05) is 20.8 Å². The minimum Gasteiger partial charge on any atom is -0.481 e. The number of fused-ring (bicyclic) bond motifs is 1. The number of hydrogen-bond acceptors (Lipinski definition) is 7. The van der Waals surface area contributed by atoms with Crippen LogP contribution in [0.2, 0.25) is 18.1 Å². The van der Waals surface area contributed by atoms with Crippen molar-refractivity contribution in [3.63, 3.8) is 0 Å². The highest BCUT2D eigenvalue weighted by molar-refractivity contribution is 7.86. The number of methoxy groups -OCH3 is 1. The Hall–Kier alpha value is -1.55. The molecule has 0 fully saturated rings. The monoisotopic (exact) mass is 426 g/mol. The van der Waals surface area contributed by atoms with E-state index in [1.165, 1.54) is 0 Å². The van der Waals surface area contributed by atoms with E-state index in [0.717, 1.165) is 11.8 Å². The van der Waals surface area contributed by atoms with Gasteiger partial charge >= 0.3 is 0 Å². The molecule has 0 amide bonds. The first kappa shape index (κ1) is 22.7.